The first kappa shape index (κ1) is 18.1. The van der Waals surface area contributed by atoms with E-state index >= 15 is 0 Å². The Bertz CT molecular complexity index is 287. The van der Waals surface area contributed by atoms with Crippen molar-refractivity contribution in [3.63, 3.8) is 0 Å². The monoisotopic (exact) mass is 304 g/mol. The van der Waals surface area contributed by atoms with Crippen molar-refractivity contribution in [3.8, 4) is 0 Å². The molecule has 22 heavy (non-hydrogen) atoms. The number of unbranched alkanes of at least 4 members (excludes halogenated alkanes) is 2. The number of hydrogen-bond donors (Lipinski definition) is 0. The minimum atomic E-state index is 0.912. The van der Waals surface area contributed by atoms with E-state index < -0.39 is 0 Å². The summed E-state index contributed by atoms with van der Waals surface area (Å²) < 4.78 is 0. The van der Waals surface area contributed by atoms with E-state index in [4.69, 9.17) is 0 Å². The zero-order chi connectivity index (χ0) is 15.6. The van der Waals surface area contributed by atoms with Gasteiger partial charge in [-0.3, -0.25) is 0 Å². The second-order valence-electron chi connectivity index (χ2n) is 8.23. The molecule has 2 rings (SSSR count). The molecular formula is C22H40. The first-order valence-electron chi connectivity index (χ1n) is 10.5. The molecule has 2 aliphatic carbocycles. The number of allylic oxidation sites excluding steroid dienone is 2. The van der Waals surface area contributed by atoms with Crippen LogP contribution < -0.4 is 0 Å². The van der Waals surface area contributed by atoms with Crippen molar-refractivity contribution in [2.24, 2.45) is 23.7 Å². The van der Waals surface area contributed by atoms with Crippen LogP contribution >= 0.6 is 0 Å². The van der Waals surface area contributed by atoms with Crippen LogP contribution in [-0.2, 0) is 0 Å². The van der Waals surface area contributed by atoms with Crippen LogP contribution in [-0.4, -0.2) is 0 Å². The molecule has 2 aliphatic rings. The van der Waals surface area contributed by atoms with E-state index in [1.165, 1.54) is 89.9 Å². The molecule has 2 fully saturated rings. The smallest absolute Gasteiger partial charge is 0.0233 e. The average Bonchev–Trinajstić information content (AvgIpc) is 2.56. The minimum Gasteiger partial charge on any atom is -0.0851 e. The van der Waals surface area contributed by atoms with Crippen LogP contribution in [0.2, 0.25) is 0 Å². The molecule has 0 heterocycles. The molecule has 2 saturated carbocycles. The molecule has 0 unspecified atom stereocenters. The van der Waals surface area contributed by atoms with Crippen LogP contribution in [0.3, 0.4) is 0 Å². The second-order valence-corrected chi connectivity index (χ2v) is 8.23. The van der Waals surface area contributed by atoms with Crippen LogP contribution in [0.5, 0.6) is 0 Å². The molecule has 0 N–H and O–H groups in total. The maximum atomic E-state index is 2.62. The Morgan fingerprint density at radius 1 is 0.591 bits per heavy atom. The summed E-state index contributed by atoms with van der Waals surface area (Å²) in [5.41, 5.74) is 0. The van der Waals surface area contributed by atoms with Gasteiger partial charge in [0.1, 0.15) is 0 Å². The summed E-state index contributed by atoms with van der Waals surface area (Å²) >= 11 is 0. The van der Waals surface area contributed by atoms with Crippen molar-refractivity contribution in [2.45, 2.75) is 104 Å². The van der Waals surface area contributed by atoms with Gasteiger partial charge in [-0.2, -0.15) is 0 Å². The summed E-state index contributed by atoms with van der Waals surface area (Å²) in [6, 6.07) is 0. The SMILES string of the molecule is CCCCCC1CCC(C=CC2CCC(CCC)CC2)CC1. The summed E-state index contributed by atoms with van der Waals surface area (Å²) in [6.45, 7) is 4.65. The van der Waals surface area contributed by atoms with Crippen molar-refractivity contribution in [3.05, 3.63) is 12.2 Å². The second kappa shape index (κ2) is 10.5. The van der Waals surface area contributed by atoms with E-state index in [1.807, 2.05) is 0 Å². The molecule has 0 saturated heterocycles. The topological polar surface area (TPSA) is 0 Å². The molecule has 0 nitrogen and oxygen atoms in total. The van der Waals surface area contributed by atoms with Crippen molar-refractivity contribution >= 4 is 0 Å². The lowest BCUT2D eigenvalue weighted by atomic mass is 9.77. The highest BCUT2D eigenvalue weighted by Crippen LogP contribution is 2.35. The highest BCUT2D eigenvalue weighted by atomic mass is 14.3. The summed E-state index contributed by atoms with van der Waals surface area (Å²) in [7, 11) is 0. The maximum Gasteiger partial charge on any atom is -0.0233 e. The zero-order valence-electron chi connectivity index (χ0n) is 15.4. The number of hydrogen-bond acceptors (Lipinski definition) is 0. The Kier molecular flexibility index (Phi) is 8.63. The van der Waals surface area contributed by atoms with Gasteiger partial charge in [0.25, 0.3) is 0 Å². The van der Waals surface area contributed by atoms with Crippen LogP contribution in [0.1, 0.15) is 104 Å². The Balaban J connectivity index is 1.60. The lowest BCUT2D eigenvalue weighted by Crippen LogP contribution is -2.15. The molecule has 0 aromatic heterocycles. The van der Waals surface area contributed by atoms with Crippen molar-refractivity contribution < 1.29 is 0 Å². The van der Waals surface area contributed by atoms with Gasteiger partial charge in [-0.1, -0.05) is 64.5 Å². The van der Waals surface area contributed by atoms with Crippen molar-refractivity contribution in [1.82, 2.24) is 0 Å². The minimum absolute atomic E-state index is 0.912. The van der Waals surface area contributed by atoms with Gasteiger partial charge in [-0.15, -0.1) is 0 Å². The molecule has 0 aliphatic heterocycles. The predicted molar refractivity (Wildman–Crippen MR) is 99.1 cm³/mol. The van der Waals surface area contributed by atoms with E-state index in [2.05, 4.69) is 26.0 Å². The van der Waals surface area contributed by atoms with E-state index in [0.29, 0.717) is 0 Å². The lowest BCUT2D eigenvalue weighted by molar-refractivity contribution is 0.282. The van der Waals surface area contributed by atoms with Gasteiger partial charge in [0, 0.05) is 0 Å². The Hall–Kier alpha value is -0.260. The lowest BCUT2D eigenvalue weighted by Gasteiger charge is -2.29. The quantitative estimate of drug-likeness (QED) is 0.321. The molecule has 0 aromatic carbocycles. The Morgan fingerprint density at radius 2 is 1.09 bits per heavy atom. The van der Waals surface area contributed by atoms with Crippen LogP contribution in [0.15, 0.2) is 12.2 Å². The van der Waals surface area contributed by atoms with Gasteiger partial charge < -0.3 is 0 Å². The van der Waals surface area contributed by atoms with Gasteiger partial charge in [0.2, 0.25) is 0 Å². The van der Waals surface area contributed by atoms with Crippen molar-refractivity contribution in [2.75, 3.05) is 0 Å². The molecule has 0 amide bonds. The molecule has 0 bridgehead atoms. The highest BCUT2D eigenvalue weighted by Gasteiger charge is 2.21. The van der Waals surface area contributed by atoms with E-state index in [0.717, 1.165) is 23.7 Å². The van der Waals surface area contributed by atoms with E-state index in [-0.39, 0.29) is 0 Å². The molecule has 0 spiro atoms. The van der Waals surface area contributed by atoms with Crippen LogP contribution in [0.4, 0.5) is 0 Å². The first-order chi connectivity index (χ1) is 10.8. The van der Waals surface area contributed by atoms with Gasteiger partial charge in [-0.05, 0) is 75.0 Å². The fourth-order valence-corrected chi connectivity index (χ4v) is 4.74. The standard InChI is InChI=1S/C22H40/c1-3-5-6-8-20-11-15-22(16-12-20)18-17-21-13-9-19(7-4-2)10-14-21/h17-22H,3-16H2,1-2H3. The summed E-state index contributed by atoms with van der Waals surface area (Å²) in [5.74, 6) is 3.93. The summed E-state index contributed by atoms with van der Waals surface area (Å²) in [5, 5.41) is 0. The average molecular weight is 305 g/mol. The molecular weight excluding hydrogens is 264 g/mol. The fraction of sp³-hybridized carbons (Fsp3) is 0.909. The van der Waals surface area contributed by atoms with Crippen LogP contribution in [0, 0.1) is 23.7 Å². The predicted octanol–water partition coefficient (Wildman–Crippen LogP) is 7.54. The van der Waals surface area contributed by atoms with Gasteiger partial charge in [-0.25, -0.2) is 0 Å². The normalized spacial score (nSPS) is 33.4. The van der Waals surface area contributed by atoms with Crippen molar-refractivity contribution in [1.29, 1.82) is 0 Å². The Labute approximate surface area is 140 Å². The third-order valence-electron chi connectivity index (χ3n) is 6.35. The molecule has 0 aromatic rings. The molecule has 0 radical (unpaired) electrons. The largest absolute Gasteiger partial charge is 0.0851 e. The fourth-order valence-electron chi connectivity index (χ4n) is 4.74. The Morgan fingerprint density at radius 3 is 1.55 bits per heavy atom. The molecule has 128 valence electrons. The van der Waals surface area contributed by atoms with Crippen LogP contribution in [0.25, 0.3) is 0 Å². The number of rotatable bonds is 8. The maximum absolute atomic E-state index is 2.62. The third-order valence-corrected chi connectivity index (χ3v) is 6.35. The summed E-state index contributed by atoms with van der Waals surface area (Å²) in [4.78, 5) is 0. The van der Waals surface area contributed by atoms with E-state index in [9.17, 15) is 0 Å². The van der Waals surface area contributed by atoms with Gasteiger partial charge in [0.15, 0.2) is 0 Å². The molecule has 0 atom stereocenters. The molecule has 0 heteroatoms. The first-order valence-corrected chi connectivity index (χ1v) is 10.5. The zero-order valence-corrected chi connectivity index (χ0v) is 15.4. The van der Waals surface area contributed by atoms with Gasteiger partial charge in [0.05, 0.1) is 0 Å². The van der Waals surface area contributed by atoms with E-state index in [1.54, 1.807) is 0 Å². The summed E-state index contributed by atoms with van der Waals surface area (Å²) in [6.07, 6.45) is 25.7. The third kappa shape index (κ3) is 6.47. The highest BCUT2D eigenvalue weighted by molar-refractivity contribution is 4.96. The van der Waals surface area contributed by atoms with Gasteiger partial charge >= 0.3 is 0 Å².